The van der Waals surface area contributed by atoms with Crippen molar-refractivity contribution in [1.29, 1.82) is 0 Å². The van der Waals surface area contributed by atoms with Crippen LogP contribution in [0.4, 0.5) is 0 Å². The molecule has 0 amide bonds. The largest absolute Gasteiger partial charge is 0.494 e. The van der Waals surface area contributed by atoms with Crippen LogP contribution in [-0.2, 0) is 39.5 Å². The van der Waals surface area contributed by atoms with Crippen molar-refractivity contribution in [3.8, 4) is 22.6 Å². The van der Waals surface area contributed by atoms with Crippen LogP contribution in [-0.4, -0.2) is 41.7 Å². The molecule has 0 radical (unpaired) electrons. The molecular weight excluding hydrogens is 790 g/mol. The van der Waals surface area contributed by atoms with E-state index in [1.807, 2.05) is 24.3 Å². The maximum Gasteiger partial charge on any atom is 0.334 e. The molecule has 0 bridgehead atoms. The topological polar surface area (TPSA) is 89.5 Å². The summed E-state index contributed by atoms with van der Waals surface area (Å²) in [6.45, 7) is 5.80. The third kappa shape index (κ3) is 16.2. The molecule has 0 aliphatic heterocycles. The minimum Gasteiger partial charge on any atom is -0.494 e. The van der Waals surface area contributed by atoms with E-state index in [9.17, 15) is 9.13 Å². The molecule has 0 aromatic heterocycles. The molecule has 0 N–H and O–H groups in total. The first-order valence-electron chi connectivity index (χ1n) is 23.0. The zero-order valence-electron chi connectivity index (χ0n) is 37.9. The maximum atomic E-state index is 13.5. The summed E-state index contributed by atoms with van der Waals surface area (Å²) in [4.78, 5) is 0. The van der Waals surface area contributed by atoms with E-state index in [1.165, 1.54) is 131 Å². The Morgan fingerprint density at radius 2 is 0.883 bits per heavy atom. The Bertz CT molecular complexity index is 1930. The lowest BCUT2D eigenvalue weighted by Gasteiger charge is -2.20. The number of ether oxygens (including phenoxy) is 2. The second kappa shape index (κ2) is 27.4. The summed E-state index contributed by atoms with van der Waals surface area (Å²) in [6.07, 6.45) is 25.6. The summed E-state index contributed by atoms with van der Waals surface area (Å²) in [5, 5.41) is 3.95. The van der Waals surface area contributed by atoms with Gasteiger partial charge in [0, 0.05) is 34.0 Å². The number of rotatable bonds is 33. The molecule has 60 heavy (non-hydrogen) atoms. The standard InChI is InChI=1S/C50H76O8P2/c1-7-9-11-13-15-17-19-21-23-25-33-57-45-30-28-44-36-42(40-60(52,55-5)56-6)37-48(47(44)38-45)50-46-31-27-41(39-59(51,53-3)54-4)35-43(46)29-32-49(50)58-34-26-24-22-20-18-16-14-12-10-8-2/h27-32,35-38H,7-26,33-34,39-40H2,1-6H3. The van der Waals surface area contributed by atoms with Gasteiger partial charge in [-0.05, 0) is 75.3 Å². The van der Waals surface area contributed by atoms with E-state index in [0.717, 1.165) is 81.0 Å². The Hall–Kier alpha value is -2.70. The smallest absolute Gasteiger partial charge is 0.334 e. The third-order valence-corrected chi connectivity index (χ3v) is 15.4. The Kier molecular flexibility index (Phi) is 22.8. The van der Waals surface area contributed by atoms with Gasteiger partial charge in [0.25, 0.3) is 0 Å². The maximum absolute atomic E-state index is 13.5. The SMILES string of the molecule is CCCCCCCCCCCCOc1ccc2cc(CP(=O)(OC)OC)cc(-c3c(OCCCCCCCCCCCC)ccc4cc(CP(=O)(OC)OC)ccc34)c2c1. The third-order valence-electron chi connectivity index (χ3n) is 11.7. The van der Waals surface area contributed by atoms with Crippen molar-refractivity contribution >= 4 is 36.7 Å². The van der Waals surface area contributed by atoms with E-state index in [0.29, 0.717) is 13.2 Å². The highest BCUT2D eigenvalue weighted by Crippen LogP contribution is 2.52. The lowest BCUT2D eigenvalue weighted by Crippen LogP contribution is -2.01. The van der Waals surface area contributed by atoms with Gasteiger partial charge in [0.1, 0.15) is 11.5 Å². The molecule has 0 saturated carbocycles. The number of unbranched alkanes of at least 4 members (excludes halogenated alkanes) is 18. The predicted molar refractivity (Wildman–Crippen MR) is 252 cm³/mol. The first-order valence-corrected chi connectivity index (χ1v) is 26.5. The molecule has 0 unspecified atom stereocenters. The van der Waals surface area contributed by atoms with Crippen LogP contribution in [0.2, 0.25) is 0 Å². The van der Waals surface area contributed by atoms with Gasteiger partial charge in [-0.15, -0.1) is 0 Å². The van der Waals surface area contributed by atoms with E-state index < -0.39 is 15.2 Å². The zero-order chi connectivity index (χ0) is 43.1. The van der Waals surface area contributed by atoms with E-state index in [4.69, 9.17) is 27.6 Å². The van der Waals surface area contributed by atoms with Crippen molar-refractivity contribution in [1.82, 2.24) is 0 Å². The van der Waals surface area contributed by atoms with Gasteiger partial charge in [-0.25, -0.2) is 0 Å². The van der Waals surface area contributed by atoms with Crippen LogP contribution in [0.15, 0.2) is 60.7 Å². The number of hydrogen-bond donors (Lipinski definition) is 0. The average molecular weight is 867 g/mol. The highest BCUT2D eigenvalue weighted by Gasteiger charge is 2.25. The van der Waals surface area contributed by atoms with Crippen molar-refractivity contribution in [3.05, 3.63) is 71.8 Å². The molecule has 0 spiro atoms. The van der Waals surface area contributed by atoms with Crippen LogP contribution in [0.25, 0.3) is 32.7 Å². The summed E-state index contributed by atoms with van der Waals surface area (Å²) in [6, 6.07) is 20.6. The van der Waals surface area contributed by atoms with Gasteiger partial charge < -0.3 is 27.6 Å². The van der Waals surface area contributed by atoms with Gasteiger partial charge in [-0.2, -0.15) is 0 Å². The van der Waals surface area contributed by atoms with E-state index in [2.05, 4.69) is 50.2 Å². The van der Waals surface area contributed by atoms with Gasteiger partial charge in [-0.1, -0.05) is 166 Å². The van der Waals surface area contributed by atoms with Crippen LogP contribution >= 0.6 is 15.2 Å². The second-order valence-electron chi connectivity index (χ2n) is 16.3. The van der Waals surface area contributed by atoms with Gasteiger partial charge in [0.05, 0.1) is 25.5 Å². The molecule has 0 fully saturated rings. The molecule has 8 nitrogen and oxygen atoms in total. The van der Waals surface area contributed by atoms with Crippen LogP contribution in [0.1, 0.15) is 153 Å². The molecule has 0 heterocycles. The Labute approximate surface area is 362 Å². The number of fused-ring (bicyclic) bond motifs is 2. The molecule has 4 aromatic rings. The van der Waals surface area contributed by atoms with Crippen molar-refractivity contribution in [3.63, 3.8) is 0 Å². The Morgan fingerprint density at radius 3 is 1.42 bits per heavy atom. The fourth-order valence-corrected chi connectivity index (χ4v) is 10.1. The first-order chi connectivity index (χ1) is 29.2. The quantitative estimate of drug-likeness (QED) is 0.0345. The van der Waals surface area contributed by atoms with Crippen LogP contribution in [0.3, 0.4) is 0 Å². The number of hydrogen-bond acceptors (Lipinski definition) is 8. The van der Waals surface area contributed by atoms with Crippen LogP contribution in [0, 0.1) is 0 Å². The number of benzene rings is 4. The summed E-state index contributed by atoms with van der Waals surface area (Å²) in [5.74, 6) is 1.60. The van der Waals surface area contributed by atoms with Crippen molar-refractivity contribution in [2.45, 2.75) is 155 Å². The van der Waals surface area contributed by atoms with E-state index in [-0.39, 0.29) is 12.3 Å². The summed E-state index contributed by atoms with van der Waals surface area (Å²) in [7, 11) is -0.965. The lowest BCUT2D eigenvalue weighted by atomic mass is 9.91. The minimum absolute atomic E-state index is 0.118. The summed E-state index contributed by atoms with van der Waals surface area (Å²) >= 11 is 0. The van der Waals surface area contributed by atoms with Crippen molar-refractivity contribution in [2.24, 2.45) is 0 Å². The average Bonchev–Trinajstić information content (AvgIpc) is 3.26. The van der Waals surface area contributed by atoms with E-state index in [1.54, 1.807) is 0 Å². The molecule has 334 valence electrons. The fraction of sp³-hybridized carbons (Fsp3) is 0.600. The zero-order valence-corrected chi connectivity index (χ0v) is 39.7. The van der Waals surface area contributed by atoms with Gasteiger partial charge >= 0.3 is 15.2 Å². The summed E-state index contributed by atoms with van der Waals surface area (Å²) in [5.41, 5.74) is 3.57. The molecule has 4 rings (SSSR count). The van der Waals surface area contributed by atoms with Crippen LogP contribution in [0.5, 0.6) is 11.5 Å². The van der Waals surface area contributed by atoms with Crippen LogP contribution < -0.4 is 9.47 Å². The van der Waals surface area contributed by atoms with E-state index >= 15 is 0 Å². The predicted octanol–water partition coefficient (Wildman–Crippen LogP) is 16.2. The van der Waals surface area contributed by atoms with Gasteiger partial charge in [0.15, 0.2) is 0 Å². The highest BCUT2D eigenvalue weighted by molar-refractivity contribution is 7.53. The molecule has 10 heteroatoms. The second-order valence-corrected chi connectivity index (χ2v) is 20.9. The molecule has 0 aliphatic carbocycles. The van der Waals surface area contributed by atoms with Gasteiger partial charge in [-0.3, -0.25) is 9.13 Å². The fourth-order valence-electron chi connectivity index (χ4n) is 8.05. The van der Waals surface area contributed by atoms with Crippen molar-refractivity contribution < 1.29 is 36.7 Å². The van der Waals surface area contributed by atoms with Gasteiger partial charge in [0.2, 0.25) is 0 Å². The minimum atomic E-state index is -3.38. The Balaban J connectivity index is 1.64. The molecule has 4 aromatic carbocycles. The highest BCUT2D eigenvalue weighted by atomic mass is 31.2. The first kappa shape index (κ1) is 50.0. The molecule has 0 aliphatic rings. The molecule has 0 atom stereocenters. The normalized spacial score (nSPS) is 12.2. The van der Waals surface area contributed by atoms with Crippen molar-refractivity contribution in [2.75, 3.05) is 41.7 Å². The molecule has 0 saturated heterocycles. The summed E-state index contributed by atoms with van der Waals surface area (Å²) < 4.78 is 61.1. The lowest BCUT2D eigenvalue weighted by molar-refractivity contribution is 0.274. The molecular formula is C50H76O8P2. The monoisotopic (exact) mass is 867 g/mol. The Morgan fingerprint density at radius 1 is 0.433 bits per heavy atom.